The summed E-state index contributed by atoms with van der Waals surface area (Å²) in [5.74, 6) is 0.910. The molecule has 0 unspecified atom stereocenters. The molecule has 1 aromatic carbocycles. The van der Waals surface area contributed by atoms with Crippen molar-refractivity contribution in [2.24, 2.45) is 0 Å². The van der Waals surface area contributed by atoms with Crippen LogP contribution in [0.4, 0.5) is 0 Å². The van der Waals surface area contributed by atoms with Crippen LogP contribution in [0.5, 0.6) is 0 Å². The SMILES string of the molecule is Cc1cc(CN2CCN(C(=O)c3cn(Cc4ccccc4)nc3-c3cccs3)CC2)on1. The molecular formula is C24H25N5O2S. The molecule has 1 fully saturated rings. The van der Waals surface area contributed by atoms with E-state index in [0.29, 0.717) is 25.2 Å². The summed E-state index contributed by atoms with van der Waals surface area (Å²) >= 11 is 1.61. The molecule has 0 bridgehead atoms. The summed E-state index contributed by atoms with van der Waals surface area (Å²) in [6, 6.07) is 16.2. The molecule has 1 amide bonds. The zero-order valence-electron chi connectivity index (χ0n) is 18.0. The number of rotatable bonds is 6. The van der Waals surface area contributed by atoms with Crippen LogP contribution in [0.3, 0.4) is 0 Å². The highest BCUT2D eigenvalue weighted by atomic mass is 32.1. The monoisotopic (exact) mass is 447 g/mol. The van der Waals surface area contributed by atoms with Crippen molar-refractivity contribution in [1.82, 2.24) is 24.7 Å². The van der Waals surface area contributed by atoms with Gasteiger partial charge in [0.15, 0.2) is 5.76 Å². The van der Waals surface area contributed by atoms with Gasteiger partial charge in [-0.2, -0.15) is 5.10 Å². The van der Waals surface area contributed by atoms with Gasteiger partial charge in [-0.1, -0.05) is 41.6 Å². The predicted octanol–water partition coefficient (Wildman–Crippen LogP) is 3.91. The van der Waals surface area contributed by atoms with Gasteiger partial charge in [0.05, 0.1) is 29.2 Å². The first kappa shape index (κ1) is 20.7. The van der Waals surface area contributed by atoms with E-state index in [1.807, 2.05) is 64.5 Å². The molecule has 0 aliphatic carbocycles. The fraction of sp³-hybridized carbons (Fsp3) is 0.292. The lowest BCUT2D eigenvalue weighted by Crippen LogP contribution is -2.48. The first-order valence-electron chi connectivity index (χ1n) is 10.7. The molecule has 32 heavy (non-hydrogen) atoms. The van der Waals surface area contributed by atoms with Crippen molar-refractivity contribution in [1.29, 1.82) is 0 Å². The molecule has 3 aromatic heterocycles. The number of carbonyl (C=O) groups is 1. The lowest BCUT2D eigenvalue weighted by atomic mass is 10.1. The number of hydrogen-bond donors (Lipinski definition) is 0. The Bertz CT molecular complexity index is 1170. The number of thiophene rings is 1. The zero-order valence-corrected chi connectivity index (χ0v) is 18.8. The molecule has 0 saturated carbocycles. The lowest BCUT2D eigenvalue weighted by molar-refractivity contribution is 0.0618. The van der Waals surface area contributed by atoms with Crippen molar-refractivity contribution in [3.63, 3.8) is 0 Å². The third kappa shape index (κ3) is 4.51. The van der Waals surface area contributed by atoms with Crippen molar-refractivity contribution in [2.75, 3.05) is 26.2 Å². The van der Waals surface area contributed by atoms with E-state index in [1.54, 1.807) is 11.3 Å². The number of carbonyl (C=O) groups excluding carboxylic acids is 1. The number of amides is 1. The summed E-state index contributed by atoms with van der Waals surface area (Å²) in [4.78, 5) is 18.7. The Balaban J connectivity index is 1.31. The molecule has 0 N–H and O–H groups in total. The highest BCUT2D eigenvalue weighted by Crippen LogP contribution is 2.28. The number of aryl methyl sites for hydroxylation is 1. The number of nitrogens with zero attached hydrogens (tertiary/aromatic N) is 5. The molecule has 4 aromatic rings. The second kappa shape index (κ2) is 9.10. The van der Waals surface area contributed by atoms with Gasteiger partial charge >= 0.3 is 0 Å². The molecule has 5 rings (SSSR count). The Hall–Kier alpha value is -3.23. The summed E-state index contributed by atoms with van der Waals surface area (Å²) in [6.07, 6.45) is 1.90. The molecule has 164 valence electrons. The quantitative estimate of drug-likeness (QED) is 0.448. The first-order valence-corrected chi connectivity index (χ1v) is 11.6. The smallest absolute Gasteiger partial charge is 0.257 e. The Morgan fingerprint density at radius 1 is 1.06 bits per heavy atom. The Labute approximate surface area is 190 Å². The Kier molecular flexibility index (Phi) is 5.87. The Morgan fingerprint density at radius 2 is 1.88 bits per heavy atom. The van der Waals surface area contributed by atoms with Crippen LogP contribution >= 0.6 is 11.3 Å². The summed E-state index contributed by atoms with van der Waals surface area (Å²) in [5, 5.41) is 10.8. The lowest BCUT2D eigenvalue weighted by Gasteiger charge is -2.34. The zero-order chi connectivity index (χ0) is 21.9. The van der Waals surface area contributed by atoms with Crippen molar-refractivity contribution >= 4 is 17.2 Å². The van der Waals surface area contributed by atoms with Gasteiger partial charge in [0.25, 0.3) is 5.91 Å². The molecule has 1 saturated heterocycles. The second-order valence-corrected chi connectivity index (χ2v) is 9.00. The summed E-state index contributed by atoms with van der Waals surface area (Å²) in [5.41, 5.74) is 3.48. The first-order chi connectivity index (χ1) is 15.7. The van der Waals surface area contributed by atoms with Crippen LogP contribution < -0.4 is 0 Å². The standard InChI is InChI=1S/C24H25N5O2S/c1-18-14-20(31-26-18)16-27-9-11-28(12-10-27)24(30)21-17-29(15-19-6-3-2-4-7-19)25-23(21)22-8-5-13-32-22/h2-8,13-14,17H,9-12,15-16H2,1H3. The average Bonchev–Trinajstić information content (AvgIpc) is 3.56. The summed E-state index contributed by atoms with van der Waals surface area (Å²) in [6.45, 7) is 6.25. The van der Waals surface area contributed by atoms with Crippen molar-refractivity contribution < 1.29 is 9.32 Å². The van der Waals surface area contributed by atoms with Crippen LogP contribution in [-0.2, 0) is 13.1 Å². The maximum atomic E-state index is 13.5. The number of piperazine rings is 1. The fourth-order valence-electron chi connectivity index (χ4n) is 4.02. The minimum Gasteiger partial charge on any atom is -0.360 e. The van der Waals surface area contributed by atoms with Crippen LogP contribution in [-0.4, -0.2) is 56.8 Å². The predicted molar refractivity (Wildman–Crippen MR) is 124 cm³/mol. The second-order valence-electron chi connectivity index (χ2n) is 8.05. The van der Waals surface area contributed by atoms with Gasteiger partial charge in [0.1, 0.15) is 5.69 Å². The number of benzene rings is 1. The third-order valence-corrected chi connectivity index (χ3v) is 6.53. The molecule has 8 heteroatoms. The number of hydrogen-bond acceptors (Lipinski definition) is 6. The van der Waals surface area contributed by atoms with E-state index >= 15 is 0 Å². The van der Waals surface area contributed by atoms with Crippen LogP contribution in [0.1, 0.15) is 27.4 Å². The van der Waals surface area contributed by atoms with Crippen LogP contribution in [0, 0.1) is 6.92 Å². The van der Waals surface area contributed by atoms with E-state index in [2.05, 4.69) is 22.2 Å². The maximum Gasteiger partial charge on any atom is 0.257 e. The fourth-order valence-corrected chi connectivity index (χ4v) is 4.74. The van der Waals surface area contributed by atoms with Gasteiger partial charge in [0, 0.05) is 38.4 Å². The molecule has 1 aliphatic rings. The summed E-state index contributed by atoms with van der Waals surface area (Å²) in [7, 11) is 0. The van der Waals surface area contributed by atoms with Gasteiger partial charge in [-0.05, 0) is 23.9 Å². The topological polar surface area (TPSA) is 67.4 Å². The van der Waals surface area contributed by atoms with E-state index in [1.165, 1.54) is 0 Å². The molecule has 0 radical (unpaired) electrons. The highest BCUT2D eigenvalue weighted by Gasteiger charge is 2.27. The van der Waals surface area contributed by atoms with E-state index in [9.17, 15) is 4.79 Å². The average molecular weight is 448 g/mol. The van der Waals surface area contributed by atoms with Crippen LogP contribution in [0.15, 0.2) is 64.6 Å². The van der Waals surface area contributed by atoms with Gasteiger partial charge in [0.2, 0.25) is 0 Å². The number of aromatic nitrogens is 3. The molecule has 0 spiro atoms. The van der Waals surface area contributed by atoms with Gasteiger partial charge < -0.3 is 9.42 Å². The molecule has 0 atom stereocenters. The maximum absolute atomic E-state index is 13.5. The Morgan fingerprint density at radius 3 is 2.56 bits per heavy atom. The van der Waals surface area contributed by atoms with E-state index in [0.717, 1.165) is 47.2 Å². The molecule has 7 nitrogen and oxygen atoms in total. The van der Waals surface area contributed by atoms with Crippen LogP contribution in [0.2, 0.25) is 0 Å². The van der Waals surface area contributed by atoms with E-state index in [-0.39, 0.29) is 5.91 Å². The van der Waals surface area contributed by atoms with Gasteiger partial charge in [-0.3, -0.25) is 14.4 Å². The molecule has 1 aliphatic heterocycles. The van der Waals surface area contributed by atoms with Crippen molar-refractivity contribution in [2.45, 2.75) is 20.0 Å². The van der Waals surface area contributed by atoms with E-state index in [4.69, 9.17) is 9.62 Å². The molecular weight excluding hydrogens is 422 g/mol. The highest BCUT2D eigenvalue weighted by molar-refractivity contribution is 7.13. The van der Waals surface area contributed by atoms with Gasteiger partial charge in [-0.15, -0.1) is 11.3 Å². The van der Waals surface area contributed by atoms with Crippen molar-refractivity contribution in [3.8, 4) is 10.6 Å². The molecule has 4 heterocycles. The minimum atomic E-state index is 0.0443. The van der Waals surface area contributed by atoms with Crippen molar-refractivity contribution in [3.05, 3.63) is 82.7 Å². The van der Waals surface area contributed by atoms with E-state index < -0.39 is 0 Å². The third-order valence-electron chi connectivity index (χ3n) is 5.65. The minimum absolute atomic E-state index is 0.0443. The largest absolute Gasteiger partial charge is 0.360 e. The summed E-state index contributed by atoms with van der Waals surface area (Å²) < 4.78 is 7.21. The normalized spacial score (nSPS) is 14.7. The van der Waals surface area contributed by atoms with Crippen LogP contribution in [0.25, 0.3) is 10.6 Å². The van der Waals surface area contributed by atoms with Gasteiger partial charge in [-0.25, -0.2) is 0 Å².